The number of hydrogen-bond donors (Lipinski definition) is 1. The van der Waals surface area contributed by atoms with Gasteiger partial charge in [-0.15, -0.1) is 12.3 Å². The summed E-state index contributed by atoms with van der Waals surface area (Å²) in [5.74, 6) is 2.65. The van der Waals surface area contributed by atoms with Crippen molar-refractivity contribution in [3.05, 3.63) is 0 Å². The molecule has 0 aliphatic heterocycles. The highest BCUT2D eigenvalue weighted by molar-refractivity contribution is 4.85. The molecule has 0 bridgehead atoms. The lowest BCUT2D eigenvalue weighted by atomic mass is 10.1. The summed E-state index contributed by atoms with van der Waals surface area (Å²) in [6.45, 7) is 1.05. The minimum atomic E-state index is 0.529. The molecule has 1 unspecified atom stereocenters. The first-order chi connectivity index (χ1) is 5.20. The van der Waals surface area contributed by atoms with Crippen molar-refractivity contribution in [2.75, 3.05) is 27.7 Å². The first kappa shape index (κ1) is 10.5. The van der Waals surface area contributed by atoms with E-state index in [1.54, 1.807) is 0 Å². The molecule has 64 valence electrons. The quantitative estimate of drug-likeness (QED) is 0.582. The molecule has 0 radical (unpaired) electrons. The maximum Gasteiger partial charge on any atom is 0.0200 e. The van der Waals surface area contributed by atoms with Crippen molar-refractivity contribution in [1.82, 2.24) is 10.2 Å². The van der Waals surface area contributed by atoms with Gasteiger partial charge in [0.1, 0.15) is 0 Å². The zero-order valence-electron chi connectivity index (χ0n) is 7.72. The zero-order valence-corrected chi connectivity index (χ0v) is 7.72. The fourth-order valence-electron chi connectivity index (χ4n) is 1.03. The van der Waals surface area contributed by atoms with Gasteiger partial charge in [-0.2, -0.15) is 0 Å². The van der Waals surface area contributed by atoms with Crippen molar-refractivity contribution < 1.29 is 0 Å². The van der Waals surface area contributed by atoms with Crippen LogP contribution < -0.4 is 5.32 Å². The normalized spacial score (nSPS) is 13.0. The molecule has 0 heterocycles. The third-order valence-corrected chi connectivity index (χ3v) is 1.63. The fourth-order valence-corrected chi connectivity index (χ4v) is 1.03. The molecule has 0 aromatic heterocycles. The van der Waals surface area contributed by atoms with E-state index < -0.39 is 0 Å². The number of likely N-dealkylation sites (N-methyl/N-ethyl adjacent to an activating group) is 2. The van der Waals surface area contributed by atoms with Crippen molar-refractivity contribution in [1.29, 1.82) is 0 Å². The van der Waals surface area contributed by atoms with Gasteiger partial charge >= 0.3 is 0 Å². The highest BCUT2D eigenvalue weighted by Crippen LogP contribution is 1.96. The minimum Gasteiger partial charge on any atom is -0.316 e. The zero-order chi connectivity index (χ0) is 8.69. The van der Waals surface area contributed by atoms with Crippen LogP contribution in [0.15, 0.2) is 0 Å². The molecule has 0 aromatic carbocycles. The summed E-state index contributed by atoms with van der Waals surface area (Å²) in [5.41, 5.74) is 0. The average Bonchev–Trinajstić information content (AvgIpc) is 1.97. The van der Waals surface area contributed by atoms with Crippen LogP contribution in [0, 0.1) is 12.3 Å². The van der Waals surface area contributed by atoms with Gasteiger partial charge in [0.25, 0.3) is 0 Å². The van der Waals surface area contributed by atoms with Gasteiger partial charge in [0.2, 0.25) is 0 Å². The maximum absolute atomic E-state index is 5.17. The Kier molecular flexibility index (Phi) is 5.91. The number of nitrogens with zero attached hydrogens (tertiary/aromatic N) is 1. The number of nitrogens with one attached hydrogen (secondary N) is 1. The van der Waals surface area contributed by atoms with Crippen LogP contribution in [0.25, 0.3) is 0 Å². The average molecular weight is 154 g/mol. The molecule has 1 atom stereocenters. The van der Waals surface area contributed by atoms with Crippen molar-refractivity contribution >= 4 is 0 Å². The third kappa shape index (κ3) is 5.90. The molecule has 0 amide bonds. The van der Waals surface area contributed by atoms with Crippen LogP contribution in [0.3, 0.4) is 0 Å². The van der Waals surface area contributed by atoms with E-state index in [9.17, 15) is 0 Å². The van der Waals surface area contributed by atoms with Crippen molar-refractivity contribution in [3.63, 3.8) is 0 Å². The van der Waals surface area contributed by atoms with E-state index in [4.69, 9.17) is 6.42 Å². The monoisotopic (exact) mass is 154 g/mol. The number of terminal acetylenes is 1. The van der Waals surface area contributed by atoms with Gasteiger partial charge in [-0.1, -0.05) is 0 Å². The molecule has 1 N–H and O–H groups in total. The highest BCUT2D eigenvalue weighted by atomic mass is 15.1. The first-order valence-electron chi connectivity index (χ1n) is 3.96. The van der Waals surface area contributed by atoms with E-state index in [1.165, 1.54) is 0 Å². The summed E-state index contributed by atoms with van der Waals surface area (Å²) >= 11 is 0. The molecule has 0 aliphatic carbocycles. The van der Waals surface area contributed by atoms with E-state index in [-0.39, 0.29) is 0 Å². The van der Waals surface area contributed by atoms with Crippen LogP contribution in [0.1, 0.15) is 12.8 Å². The second-order valence-corrected chi connectivity index (χ2v) is 2.99. The molecule has 0 aliphatic rings. The molecule has 2 nitrogen and oxygen atoms in total. The molecule has 0 rings (SSSR count). The molecule has 0 fully saturated rings. The fraction of sp³-hybridized carbons (Fsp3) is 0.778. The van der Waals surface area contributed by atoms with E-state index >= 15 is 0 Å². The Hall–Kier alpha value is -0.520. The minimum absolute atomic E-state index is 0.529. The molecule has 0 aromatic rings. The predicted molar refractivity (Wildman–Crippen MR) is 49.5 cm³/mol. The van der Waals surface area contributed by atoms with Crippen LogP contribution in [-0.2, 0) is 0 Å². The van der Waals surface area contributed by atoms with Gasteiger partial charge in [-0.3, -0.25) is 0 Å². The molecular weight excluding hydrogens is 136 g/mol. The van der Waals surface area contributed by atoms with Crippen molar-refractivity contribution in [2.24, 2.45) is 0 Å². The van der Waals surface area contributed by atoms with Gasteiger partial charge in [0.05, 0.1) is 0 Å². The van der Waals surface area contributed by atoms with Gasteiger partial charge in [-0.05, 0) is 27.6 Å². The number of hydrogen-bond acceptors (Lipinski definition) is 2. The predicted octanol–water partition coefficient (Wildman–Crippen LogP) is 0.549. The second-order valence-electron chi connectivity index (χ2n) is 2.99. The topological polar surface area (TPSA) is 15.3 Å². The van der Waals surface area contributed by atoms with Gasteiger partial charge in [-0.25, -0.2) is 0 Å². The lowest BCUT2D eigenvalue weighted by Crippen LogP contribution is -2.35. The Morgan fingerprint density at radius 2 is 2.18 bits per heavy atom. The van der Waals surface area contributed by atoms with E-state index in [0.29, 0.717) is 6.04 Å². The lowest BCUT2D eigenvalue weighted by Gasteiger charge is -2.19. The second kappa shape index (κ2) is 6.21. The van der Waals surface area contributed by atoms with Gasteiger partial charge in [0, 0.05) is 19.0 Å². The molecule has 2 heteroatoms. The Morgan fingerprint density at radius 1 is 1.55 bits per heavy atom. The van der Waals surface area contributed by atoms with Crippen LogP contribution >= 0.6 is 0 Å². The van der Waals surface area contributed by atoms with Crippen LogP contribution in [0.2, 0.25) is 0 Å². The summed E-state index contributed by atoms with van der Waals surface area (Å²) in [6.07, 6.45) is 7.09. The van der Waals surface area contributed by atoms with E-state index in [0.717, 1.165) is 19.4 Å². The SMILES string of the molecule is C#CCCC(CN(C)C)NC. The Morgan fingerprint density at radius 3 is 2.55 bits per heavy atom. The summed E-state index contributed by atoms with van der Waals surface area (Å²) < 4.78 is 0. The summed E-state index contributed by atoms with van der Waals surface area (Å²) in [5, 5.41) is 3.23. The maximum atomic E-state index is 5.17. The molecule has 11 heavy (non-hydrogen) atoms. The van der Waals surface area contributed by atoms with Crippen molar-refractivity contribution in [3.8, 4) is 12.3 Å². The summed E-state index contributed by atoms with van der Waals surface area (Å²) in [7, 11) is 6.12. The largest absolute Gasteiger partial charge is 0.316 e. The van der Waals surface area contributed by atoms with Crippen LogP contribution in [-0.4, -0.2) is 38.6 Å². The molecular formula is C9H18N2. The standard InChI is InChI=1S/C9H18N2/c1-5-6-7-9(10-2)8-11(3)4/h1,9-10H,6-8H2,2-4H3. The number of rotatable bonds is 5. The summed E-state index contributed by atoms with van der Waals surface area (Å²) in [4.78, 5) is 2.16. The molecule has 0 spiro atoms. The van der Waals surface area contributed by atoms with Crippen LogP contribution in [0.5, 0.6) is 0 Å². The smallest absolute Gasteiger partial charge is 0.0200 e. The van der Waals surface area contributed by atoms with E-state index in [2.05, 4.69) is 30.2 Å². The first-order valence-corrected chi connectivity index (χ1v) is 3.96. The highest BCUT2D eigenvalue weighted by Gasteiger charge is 2.04. The third-order valence-electron chi connectivity index (χ3n) is 1.63. The van der Waals surface area contributed by atoms with E-state index in [1.807, 2.05) is 7.05 Å². The van der Waals surface area contributed by atoms with Crippen molar-refractivity contribution in [2.45, 2.75) is 18.9 Å². The molecule has 0 saturated heterocycles. The Bertz CT molecular complexity index is 124. The van der Waals surface area contributed by atoms with Crippen LogP contribution in [0.4, 0.5) is 0 Å². The summed E-state index contributed by atoms with van der Waals surface area (Å²) in [6, 6.07) is 0.529. The lowest BCUT2D eigenvalue weighted by molar-refractivity contribution is 0.339. The Balaban J connectivity index is 3.51. The van der Waals surface area contributed by atoms with Gasteiger partial charge in [0.15, 0.2) is 0 Å². The van der Waals surface area contributed by atoms with Gasteiger partial charge < -0.3 is 10.2 Å². The molecule has 0 saturated carbocycles. The Labute approximate surface area is 70.0 Å².